The Hall–Kier alpha value is -2.36. The Kier molecular flexibility index (Phi) is 11.9. The van der Waals surface area contributed by atoms with Crippen LogP contribution in [0.5, 0.6) is 23.0 Å². The number of halogens is 1. The van der Waals surface area contributed by atoms with Crippen LogP contribution in [0, 0.1) is 6.92 Å². The number of aryl methyl sites for hydroxylation is 1. The Morgan fingerprint density at radius 2 is 1.68 bits per heavy atom. The molecule has 8 heteroatoms. The molecule has 0 aliphatic carbocycles. The van der Waals surface area contributed by atoms with Gasteiger partial charge in [-0.3, -0.25) is 0 Å². The number of nitrogens with one attached hydrogen (secondary N) is 2. The van der Waals surface area contributed by atoms with Gasteiger partial charge in [0.05, 0.1) is 34.4 Å². The number of hydrogen-bond donors (Lipinski definition) is 2. The topological polar surface area (TPSA) is 73.3 Å². The standard InChI is InChI=1S/C23H33N3O4.HI/c1-7-24-23(25-14-17(3)30-19-10-8-9-16(2)11-19)26-15-18-12-20(27-4)22(29-6)21(13-18)28-5;/h8-13,17H,7,14-15H2,1-6H3,(H2,24,25,26);1H. The third kappa shape index (κ3) is 8.35. The summed E-state index contributed by atoms with van der Waals surface area (Å²) >= 11 is 0. The molecule has 0 bridgehead atoms. The van der Waals surface area contributed by atoms with E-state index in [0.29, 0.717) is 36.3 Å². The van der Waals surface area contributed by atoms with Crippen molar-refractivity contribution in [2.45, 2.75) is 33.4 Å². The van der Waals surface area contributed by atoms with E-state index in [4.69, 9.17) is 18.9 Å². The fourth-order valence-corrected chi connectivity index (χ4v) is 2.94. The Morgan fingerprint density at radius 1 is 1.00 bits per heavy atom. The summed E-state index contributed by atoms with van der Waals surface area (Å²) in [5.74, 6) is 3.37. The molecule has 0 spiro atoms. The zero-order valence-corrected chi connectivity index (χ0v) is 21.5. The van der Waals surface area contributed by atoms with Gasteiger partial charge < -0.3 is 29.6 Å². The second-order valence-electron chi connectivity index (χ2n) is 6.85. The molecule has 1 atom stereocenters. The van der Waals surface area contributed by atoms with E-state index >= 15 is 0 Å². The van der Waals surface area contributed by atoms with Gasteiger partial charge in [0, 0.05) is 6.54 Å². The highest BCUT2D eigenvalue weighted by atomic mass is 127. The summed E-state index contributed by atoms with van der Waals surface area (Å²) in [6.07, 6.45) is -0.0168. The third-order valence-electron chi connectivity index (χ3n) is 4.37. The number of benzene rings is 2. The van der Waals surface area contributed by atoms with Crippen molar-refractivity contribution in [2.24, 2.45) is 4.99 Å². The van der Waals surface area contributed by atoms with Crippen LogP contribution in [0.3, 0.4) is 0 Å². The van der Waals surface area contributed by atoms with Crippen LogP contribution in [0.4, 0.5) is 0 Å². The maximum Gasteiger partial charge on any atom is 0.203 e. The Morgan fingerprint density at radius 3 is 2.23 bits per heavy atom. The predicted molar refractivity (Wildman–Crippen MR) is 136 cm³/mol. The minimum absolute atomic E-state index is 0. The number of guanidine groups is 1. The van der Waals surface area contributed by atoms with Gasteiger partial charge in [-0.05, 0) is 56.2 Å². The van der Waals surface area contributed by atoms with Crippen LogP contribution in [-0.4, -0.2) is 46.5 Å². The van der Waals surface area contributed by atoms with Gasteiger partial charge in [-0.15, -0.1) is 24.0 Å². The predicted octanol–water partition coefficient (Wildman–Crippen LogP) is 4.16. The van der Waals surface area contributed by atoms with E-state index < -0.39 is 0 Å². The van der Waals surface area contributed by atoms with Crippen molar-refractivity contribution in [1.29, 1.82) is 0 Å². The lowest BCUT2D eigenvalue weighted by atomic mass is 10.2. The molecule has 0 saturated heterocycles. The third-order valence-corrected chi connectivity index (χ3v) is 4.37. The number of ether oxygens (including phenoxy) is 4. The van der Waals surface area contributed by atoms with Crippen LogP contribution in [0.25, 0.3) is 0 Å². The quantitative estimate of drug-likeness (QED) is 0.267. The lowest BCUT2D eigenvalue weighted by molar-refractivity contribution is 0.223. The average Bonchev–Trinajstić information content (AvgIpc) is 2.74. The molecule has 2 N–H and O–H groups in total. The smallest absolute Gasteiger partial charge is 0.203 e. The summed E-state index contributed by atoms with van der Waals surface area (Å²) in [7, 11) is 4.79. The van der Waals surface area contributed by atoms with Gasteiger partial charge in [0.25, 0.3) is 0 Å². The first kappa shape index (κ1) is 26.7. The fraction of sp³-hybridized carbons (Fsp3) is 0.435. The van der Waals surface area contributed by atoms with Crippen molar-refractivity contribution in [3.8, 4) is 23.0 Å². The molecule has 0 amide bonds. The molecule has 7 nitrogen and oxygen atoms in total. The van der Waals surface area contributed by atoms with E-state index in [9.17, 15) is 0 Å². The number of aliphatic imine (C=N–C) groups is 1. The summed E-state index contributed by atoms with van der Waals surface area (Å²) < 4.78 is 22.2. The minimum atomic E-state index is -0.0168. The van der Waals surface area contributed by atoms with Gasteiger partial charge in [0.1, 0.15) is 11.9 Å². The van der Waals surface area contributed by atoms with Crippen molar-refractivity contribution in [1.82, 2.24) is 10.6 Å². The first-order valence-electron chi connectivity index (χ1n) is 10.0. The molecule has 0 saturated carbocycles. The molecule has 0 heterocycles. The highest BCUT2D eigenvalue weighted by molar-refractivity contribution is 14.0. The molecule has 0 aromatic heterocycles. The summed E-state index contributed by atoms with van der Waals surface area (Å²) in [5.41, 5.74) is 2.12. The molecule has 31 heavy (non-hydrogen) atoms. The average molecular weight is 543 g/mol. The number of rotatable bonds is 10. The van der Waals surface area contributed by atoms with Crippen LogP contribution < -0.4 is 29.6 Å². The Bertz CT molecular complexity index is 820. The van der Waals surface area contributed by atoms with E-state index in [-0.39, 0.29) is 30.1 Å². The second-order valence-corrected chi connectivity index (χ2v) is 6.85. The van der Waals surface area contributed by atoms with Gasteiger partial charge in [0.2, 0.25) is 5.75 Å². The molecule has 0 aliphatic heterocycles. The second kappa shape index (κ2) is 13.8. The Labute approximate surface area is 202 Å². The SMILES string of the molecule is CCNC(=NCc1cc(OC)c(OC)c(OC)c1)NCC(C)Oc1cccc(C)c1.I. The zero-order chi connectivity index (χ0) is 21.9. The molecular formula is C23H34IN3O4. The van der Waals surface area contributed by atoms with Gasteiger partial charge in [-0.25, -0.2) is 4.99 Å². The van der Waals surface area contributed by atoms with Crippen LogP contribution in [0.2, 0.25) is 0 Å². The largest absolute Gasteiger partial charge is 0.493 e. The van der Waals surface area contributed by atoms with E-state index in [1.165, 1.54) is 5.56 Å². The van der Waals surface area contributed by atoms with Crippen LogP contribution >= 0.6 is 24.0 Å². The van der Waals surface area contributed by atoms with Gasteiger partial charge in [-0.2, -0.15) is 0 Å². The molecular weight excluding hydrogens is 509 g/mol. The van der Waals surface area contributed by atoms with Gasteiger partial charge in [0.15, 0.2) is 17.5 Å². The summed E-state index contributed by atoms with van der Waals surface area (Å²) in [5, 5.41) is 6.59. The molecule has 0 fully saturated rings. The first-order chi connectivity index (χ1) is 14.5. The van der Waals surface area contributed by atoms with Gasteiger partial charge >= 0.3 is 0 Å². The number of methoxy groups -OCH3 is 3. The minimum Gasteiger partial charge on any atom is -0.493 e. The maximum absolute atomic E-state index is 5.98. The van der Waals surface area contributed by atoms with Crippen molar-refractivity contribution in [3.05, 3.63) is 47.5 Å². The molecule has 2 aromatic carbocycles. The Balaban J connectivity index is 0.00000480. The highest BCUT2D eigenvalue weighted by Gasteiger charge is 2.13. The fourth-order valence-electron chi connectivity index (χ4n) is 2.94. The van der Waals surface area contributed by atoms with Crippen LogP contribution in [-0.2, 0) is 6.54 Å². The molecule has 2 aromatic rings. The normalized spacial score (nSPS) is 11.7. The summed E-state index contributed by atoms with van der Waals surface area (Å²) in [4.78, 5) is 4.67. The van der Waals surface area contributed by atoms with E-state index in [1.54, 1.807) is 21.3 Å². The van der Waals surface area contributed by atoms with Crippen molar-refractivity contribution in [2.75, 3.05) is 34.4 Å². The van der Waals surface area contributed by atoms with Crippen LogP contribution in [0.1, 0.15) is 25.0 Å². The summed E-state index contributed by atoms with van der Waals surface area (Å²) in [6, 6.07) is 11.8. The van der Waals surface area contributed by atoms with Crippen molar-refractivity contribution < 1.29 is 18.9 Å². The van der Waals surface area contributed by atoms with Crippen molar-refractivity contribution >= 4 is 29.9 Å². The highest BCUT2D eigenvalue weighted by Crippen LogP contribution is 2.38. The maximum atomic E-state index is 5.98. The van der Waals surface area contributed by atoms with E-state index in [0.717, 1.165) is 17.9 Å². The van der Waals surface area contributed by atoms with Crippen LogP contribution in [0.15, 0.2) is 41.4 Å². The number of nitrogens with zero attached hydrogens (tertiary/aromatic N) is 1. The molecule has 0 radical (unpaired) electrons. The van der Waals surface area contributed by atoms with E-state index in [2.05, 4.69) is 28.6 Å². The zero-order valence-electron chi connectivity index (χ0n) is 19.2. The van der Waals surface area contributed by atoms with Gasteiger partial charge in [-0.1, -0.05) is 12.1 Å². The monoisotopic (exact) mass is 543 g/mol. The number of hydrogen-bond acceptors (Lipinski definition) is 5. The molecule has 0 aliphatic rings. The summed E-state index contributed by atoms with van der Waals surface area (Å²) in [6.45, 7) is 7.94. The molecule has 1 unspecified atom stereocenters. The van der Waals surface area contributed by atoms with Crippen molar-refractivity contribution in [3.63, 3.8) is 0 Å². The first-order valence-corrected chi connectivity index (χ1v) is 10.0. The lowest BCUT2D eigenvalue weighted by Gasteiger charge is -2.18. The molecule has 172 valence electrons. The molecule has 2 rings (SSSR count). The van der Waals surface area contributed by atoms with E-state index in [1.807, 2.05) is 44.2 Å². The lowest BCUT2D eigenvalue weighted by Crippen LogP contribution is -2.41.